The fourth-order valence-corrected chi connectivity index (χ4v) is 5.09. The summed E-state index contributed by atoms with van der Waals surface area (Å²) in [5.41, 5.74) is 13.6. The third-order valence-electron chi connectivity index (χ3n) is 7.45. The third kappa shape index (κ3) is 6.86. The summed E-state index contributed by atoms with van der Waals surface area (Å²) in [7, 11) is 8.32. The first-order valence-corrected chi connectivity index (χ1v) is 14.7. The summed E-state index contributed by atoms with van der Waals surface area (Å²) in [5.74, 6) is 0. The van der Waals surface area contributed by atoms with Crippen LogP contribution in [0.25, 0.3) is 11.1 Å². The molecule has 4 aromatic carbocycles. The highest BCUT2D eigenvalue weighted by Gasteiger charge is 2.22. The Balaban J connectivity index is 0.00000189. The van der Waals surface area contributed by atoms with Gasteiger partial charge in [0, 0.05) is 51.2 Å². The largest absolute Gasteiger partial charge is 0.378 e. The van der Waals surface area contributed by atoms with Gasteiger partial charge in [0.15, 0.2) is 6.54 Å². The van der Waals surface area contributed by atoms with E-state index in [0.717, 1.165) is 18.7 Å². The highest BCUT2D eigenvalue weighted by atomic mass is 15.1. The van der Waals surface area contributed by atoms with Crippen molar-refractivity contribution in [3.63, 3.8) is 0 Å². The molecule has 3 nitrogen and oxygen atoms in total. The first-order chi connectivity index (χ1) is 19.9. The number of fused-ring (bicyclic) bond motifs is 1. The van der Waals surface area contributed by atoms with E-state index >= 15 is 0 Å². The van der Waals surface area contributed by atoms with Gasteiger partial charge in [-0.3, -0.25) is 0 Å². The number of aryl methyl sites for hydroxylation is 1. The summed E-state index contributed by atoms with van der Waals surface area (Å²) >= 11 is 0. The minimum absolute atomic E-state index is 0.794. The number of rotatable bonds is 7. The molecule has 0 amide bonds. The molecule has 3 heteroatoms. The molecule has 5 rings (SSSR count). The van der Waals surface area contributed by atoms with Crippen molar-refractivity contribution >= 4 is 28.2 Å². The summed E-state index contributed by atoms with van der Waals surface area (Å²) in [6.45, 7) is 6.99. The van der Waals surface area contributed by atoms with Crippen LogP contribution >= 0.6 is 0 Å². The maximum Gasteiger partial charge on any atom is 0.206 e. The Hall–Kier alpha value is -4.37. The van der Waals surface area contributed by atoms with Gasteiger partial charge in [-0.05, 0) is 76.2 Å². The standard InChI is InChI=1S/C36H37N3.C2H6/c1-6-26-11-13-27(14-12-26)25-37-35-24-23-34(32-9-7-8-10-33(32)35)36(28-15-19-30(20-16-28)38(2)3)29-17-21-31(22-18-29)39(4)5;1-2/h7-24H,6,25H2,1-5H3;1-2H3/p+1. The van der Waals surface area contributed by atoms with Gasteiger partial charge in [0.1, 0.15) is 0 Å². The number of anilines is 2. The first-order valence-electron chi connectivity index (χ1n) is 14.7. The molecule has 0 aliphatic heterocycles. The molecule has 210 valence electrons. The average Bonchev–Trinajstić information content (AvgIpc) is 3.02. The van der Waals surface area contributed by atoms with Gasteiger partial charge >= 0.3 is 0 Å². The molecule has 0 aromatic heterocycles. The number of allylic oxidation sites excluding steroid dienone is 3. The van der Waals surface area contributed by atoms with Gasteiger partial charge in [0.05, 0.1) is 5.56 Å². The second-order valence-electron chi connectivity index (χ2n) is 10.5. The Bertz CT molecular complexity index is 1460. The van der Waals surface area contributed by atoms with Gasteiger partial charge in [0.2, 0.25) is 5.71 Å². The molecular formula is C38H44N3+. The lowest BCUT2D eigenvalue weighted by molar-refractivity contribution is -0.473. The van der Waals surface area contributed by atoms with Crippen molar-refractivity contribution in [1.82, 2.24) is 0 Å². The second kappa shape index (κ2) is 13.8. The summed E-state index contributed by atoms with van der Waals surface area (Å²) in [4.78, 5) is 7.99. The van der Waals surface area contributed by atoms with Crippen LogP contribution in [0.1, 0.15) is 54.2 Å². The molecule has 4 aromatic rings. The fraction of sp³-hybridized carbons (Fsp3) is 0.237. The van der Waals surface area contributed by atoms with Gasteiger partial charge in [-0.25, -0.2) is 4.99 Å². The maximum atomic E-state index is 3.71. The summed E-state index contributed by atoms with van der Waals surface area (Å²) in [5, 5.41) is 0. The molecule has 0 atom stereocenters. The summed E-state index contributed by atoms with van der Waals surface area (Å²) < 4.78 is 0. The van der Waals surface area contributed by atoms with E-state index in [4.69, 9.17) is 0 Å². The van der Waals surface area contributed by atoms with Crippen LogP contribution in [0.5, 0.6) is 0 Å². The lowest BCUT2D eigenvalue weighted by atomic mass is 9.83. The lowest BCUT2D eigenvalue weighted by Crippen LogP contribution is -2.71. The monoisotopic (exact) mass is 542 g/mol. The van der Waals surface area contributed by atoms with Crippen LogP contribution in [0, 0.1) is 0 Å². The predicted molar refractivity (Wildman–Crippen MR) is 179 cm³/mol. The molecule has 1 aliphatic carbocycles. The van der Waals surface area contributed by atoms with Crippen LogP contribution < -0.4 is 14.8 Å². The number of hydrogen-bond acceptors (Lipinski definition) is 2. The Kier molecular flexibility index (Phi) is 9.97. The van der Waals surface area contributed by atoms with E-state index in [1.54, 1.807) is 0 Å². The Morgan fingerprint density at radius 1 is 0.585 bits per heavy atom. The first kappa shape index (κ1) is 29.6. The lowest BCUT2D eigenvalue weighted by Gasteiger charge is -2.21. The van der Waals surface area contributed by atoms with E-state index < -0.39 is 0 Å². The molecule has 0 radical (unpaired) electrons. The van der Waals surface area contributed by atoms with Crippen LogP contribution in [-0.4, -0.2) is 33.9 Å². The molecule has 1 aliphatic rings. The molecule has 0 spiro atoms. The smallest absolute Gasteiger partial charge is 0.206 e. The van der Waals surface area contributed by atoms with E-state index in [0.29, 0.717) is 0 Å². The predicted octanol–water partition coefficient (Wildman–Crippen LogP) is 7.01. The van der Waals surface area contributed by atoms with Crippen LogP contribution in [0.2, 0.25) is 0 Å². The van der Waals surface area contributed by atoms with Crippen molar-refractivity contribution in [1.29, 1.82) is 0 Å². The van der Waals surface area contributed by atoms with E-state index in [2.05, 4.69) is 159 Å². The minimum atomic E-state index is 0.794. The molecule has 0 unspecified atom stereocenters. The van der Waals surface area contributed by atoms with Crippen LogP contribution in [-0.2, 0) is 13.0 Å². The highest BCUT2D eigenvalue weighted by Crippen LogP contribution is 2.37. The van der Waals surface area contributed by atoms with E-state index in [9.17, 15) is 0 Å². The quantitative estimate of drug-likeness (QED) is 0.271. The molecular weight excluding hydrogens is 498 g/mol. The fourth-order valence-electron chi connectivity index (χ4n) is 5.09. The van der Waals surface area contributed by atoms with E-state index in [1.807, 2.05) is 13.8 Å². The van der Waals surface area contributed by atoms with Crippen molar-refractivity contribution in [2.75, 3.05) is 38.0 Å². The minimum Gasteiger partial charge on any atom is -0.378 e. The maximum absolute atomic E-state index is 3.71. The number of benzene rings is 4. The third-order valence-corrected chi connectivity index (χ3v) is 7.45. The number of nitrogens with one attached hydrogen (secondary N) is 1. The van der Waals surface area contributed by atoms with Gasteiger partial charge in [0.25, 0.3) is 0 Å². The van der Waals surface area contributed by atoms with Crippen molar-refractivity contribution < 1.29 is 4.99 Å². The highest BCUT2D eigenvalue weighted by molar-refractivity contribution is 6.17. The number of hydrogen-bond donors (Lipinski definition) is 1. The molecule has 41 heavy (non-hydrogen) atoms. The van der Waals surface area contributed by atoms with Crippen LogP contribution in [0.4, 0.5) is 11.4 Å². The van der Waals surface area contributed by atoms with Crippen LogP contribution in [0.15, 0.2) is 109 Å². The van der Waals surface area contributed by atoms with Crippen LogP contribution in [0.3, 0.4) is 0 Å². The van der Waals surface area contributed by atoms with Gasteiger partial charge < -0.3 is 9.80 Å². The Morgan fingerprint density at radius 3 is 1.56 bits per heavy atom. The molecule has 0 fully saturated rings. The Labute approximate surface area is 247 Å². The van der Waals surface area contributed by atoms with Gasteiger partial charge in [-0.2, -0.15) is 0 Å². The van der Waals surface area contributed by atoms with Crippen molar-refractivity contribution in [3.05, 3.63) is 143 Å². The van der Waals surface area contributed by atoms with E-state index in [1.165, 1.54) is 55.9 Å². The zero-order valence-electron chi connectivity index (χ0n) is 25.7. The van der Waals surface area contributed by atoms with Gasteiger partial charge in [-0.15, -0.1) is 0 Å². The molecule has 1 N–H and O–H groups in total. The topological polar surface area (TPSA) is 20.5 Å². The van der Waals surface area contributed by atoms with E-state index in [-0.39, 0.29) is 0 Å². The average molecular weight is 543 g/mol. The summed E-state index contributed by atoms with van der Waals surface area (Å²) in [6.07, 6.45) is 5.58. The molecule has 0 saturated carbocycles. The van der Waals surface area contributed by atoms with Crippen molar-refractivity contribution in [2.45, 2.75) is 33.7 Å². The zero-order valence-corrected chi connectivity index (χ0v) is 25.7. The Morgan fingerprint density at radius 2 is 1.07 bits per heavy atom. The van der Waals surface area contributed by atoms with Gasteiger partial charge in [-0.1, -0.05) is 87.5 Å². The summed E-state index contributed by atoms with van der Waals surface area (Å²) in [6, 6.07) is 35.4. The second-order valence-corrected chi connectivity index (χ2v) is 10.5. The van der Waals surface area contributed by atoms with Crippen molar-refractivity contribution in [2.24, 2.45) is 0 Å². The molecule has 0 saturated heterocycles. The zero-order chi connectivity index (χ0) is 29.4. The SMILES string of the molecule is CC.CCc1ccc(C[NH+]=C2C=CC(=C(c3ccc(N(C)C)cc3)c3ccc(N(C)C)cc3)c3ccccc32)cc1. The number of nitrogens with zero attached hydrogens (tertiary/aromatic N) is 2. The van der Waals surface area contributed by atoms with Crippen molar-refractivity contribution in [3.8, 4) is 0 Å². The molecule has 0 heterocycles. The molecule has 0 bridgehead atoms. The normalized spacial score (nSPS) is 12.9.